The first-order valence-corrected chi connectivity index (χ1v) is 7.98. The second-order valence-electron chi connectivity index (χ2n) is 5.84. The minimum Gasteiger partial charge on any atom is -0.266 e. The van der Waals surface area contributed by atoms with Crippen LogP contribution in [0.25, 0.3) is 0 Å². The average Bonchev–Trinajstić information content (AvgIpc) is 3.32. The van der Waals surface area contributed by atoms with Crippen LogP contribution in [0.4, 0.5) is 0 Å². The smallest absolute Gasteiger partial charge is 0.190 e. The van der Waals surface area contributed by atoms with E-state index in [-0.39, 0.29) is 11.8 Å². The molecule has 0 bridgehead atoms. The summed E-state index contributed by atoms with van der Waals surface area (Å²) in [5.74, 6) is 0. The van der Waals surface area contributed by atoms with Gasteiger partial charge in [0.2, 0.25) is 0 Å². The third kappa shape index (κ3) is 2.85. The van der Waals surface area contributed by atoms with Crippen LogP contribution in [0.5, 0.6) is 0 Å². The highest BCUT2D eigenvalue weighted by Crippen LogP contribution is 2.53. The highest BCUT2D eigenvalue weighted by molar-refractivity contribution is 5.27. The molecule has 0 radical (unpaired) electrons. The molecular formula is C20H23NO. The molecule has 2 aromatic carbocycles. The number of allylic oxidation sites excluding steroid dienone is 1. The van der Waals surface area contributed by atoms with E-state index in [2.05, 4.69) is 67.1 Å². The second kappa shape index (κ2) is 6.47. The first kappa shape index (κ1) is 15.0. The SMILES string of the molecule is C=CCCC[C@@]1(c2ccccc2)ON1[C@@H](C)c1ccccc1. The van der Waals surface area contributed by atoms with E-state index in [1.807, 2.05) is 18.2 Å². The van der Waals surface area contributed by atoms with Gasteiger partial charge in [-0.3, -0.25) is 4.84 Å². The van der Waals surface area contributed by atoms with E-state index in [4.69, 9.17) is 4.84 Å². The third-order valence-corrected chi connectivity index (χ3v) is 4.36. The van der Waals surface area contributed by atoms with Crippen molar-refractivity contribution in [3.05, 3.63) is 84.4 Å². The number of benzene rings is 2. The van der Waals surface area contributed by atoms with Gasteiger partial charge in [-0.2, -0.15) is 0 Å². The predicted octanol–water partition coefficient (Wildman–Crippen LogP) is 5.20. The summed E-state index contributed by atoms with van der Waals surface area (Å²) >= 11 is 0. The highest BCUT2D eigenvalue weighted by Gasteiger charge is 2.58. The maximum absolute atomic E-state index is 6.15. The number of nitrogens with zero attached hydrogens (tertiary/aromatic N) is 1. The lowest BCUT2D eigenvalue weighted by atomic mass is 9.97. The zero-order valence-corrected chi connectivity index (χ0v) is 13.1. The fraction of sp³-hybridized carbons (Fsp3) is 0.300. The third-order valence-electron chi connectivity index (χ3n) is 4.36. The zero-order chi connectivity index (χ0) is 15.4. The van der Waals surface area contributed by atoms with Crippen molar-refractivity contribution >= 4 is 0 Å². The molecule has 114 valence electrons. The molecule has 2 aromatic rings. The number of unbranched alkanes of at least 4 members (excludes halogenated alkanes) is 1. The quantitative estimate of drug-likeness (QED) is 0.396. The lowest BCUT2D eigenvalue weighted by molar-refractivity contribution is 0.153. The van der Waals surface area contributed by atoms with Crippen LogP contribution in [-0.4, -0.2) is 5.06 Å². The number of rotatable bonds is 7. The van der Waals surface area contributed by atoms with Crippen LogP contribution in [0.2, 0.25) is 0 Å². The Balaban J connectivity index is 1.82. The molecule has 1 unspecified atom stereocenters. The van der Waals surface area contributed by atoms with E-state index < -0.39 is 0 Å². The fourth-order valence-electron chi connectivity index (χ4n) is 3.07. The van der Waals surface area contributed by atoms with Gasteiger partial charge in [0.25, 0.3) is 0 Å². The lowest BCUT2D eigenvalue weighted by Crippen LogP contribution is -2.19. The van der Waals surface area contributed by atoms with Crippen molar-refractivity contribution in [3.8, 4) is 0 Å². The standard InChI is InChI=1S/C20H23NO/c1-3-4-11-16-20(19-14-9-6-10-15-19)21(22-20)17(2)18-12-7-5-8-13-18/h3,5-10,12-15,17H,1,4,11,16H2,2H3/t17-,20-,21?/m0/s1. The van der Waals surface area contributed by atoms with E-state index in [0.717, 1.165) is 19.3 Å². The van der Waals surface area contributed by atoms with Crippen LogP contribution in [0.1, 0.15) is 43.4 Å². The van der Waals surface area contributed by atoms with Gasteiger partial charge < -0.3 is 0 Å². The molecule has 0 N–H and O–H groups in total. The van der Waals surface area contributed by atoms with Crippen molar-refractivity contribution in [3.63, 3.8) is 0 Å². The van der Waals surface area contributed by atoms with Gasteiger partial charge in [-0.15, -0.1) is 11.6 Å². The molecule has 0 aliphatic carbocycles. The summed E-state index contributed by atoms with van der Waals surface area (Å²) in [7, 11) is 0. The van der Waals surface area contributed by atoms with Crippen molar-refractivity contribution in [2.75, 3.05) is 0 Å². The van der Waals surface area contributed by atoms with Gasteiger partial charge in [0, 0.05) is 5.56 Å². The Bertz CT molecular complexity index is 610. The molecule has 22 heavy (non-hydrogen) atoms. The summed E-state index contributed by atoms with van der Waals surface area (Å²) in [6.07, 6.45) is 5.06. The van der Waals surface area contributed by atoms with Crippen molar-refractivity contribution < 1.29 is 4.84 Å². The first-order chi connectivity index (χ1) is 10.8. The number of hydrogen-bond acceptors (Lipinski definition) is 2. The molecule has 0 spiro atoms. The Hall–Kier alpha value is -1.90. The van der Waals surface area contributed by atoms with Gasteiger partial charge in [-0.25, -0.2) is 0 Å². The summed E-state index contributed by atoms with van der Waals surface area (Å²) in [6.45, 7) is 6.02. The number of hydrogen-bond donors (Lipinski definition) is 0. The maximum Gasteiger partial charge on any atom is 0.190 e. The zero-order valence-electron chi connectivity index (χ0n) is 13.1. The average molecular weight is 293 g/mol. The summed E-state index contributed by atoms with van der Waals surface area (Å²) in [6, 6.07) is 21.3. The molecule has 3 atom stereocenters. The monoisotopic (exact) mass is 293 g/mol. The van der Waals surface area contributed by atoms with Crippen LogP contribution in [0, 0.1) is 0 Å². The van der Waals surface area contributed by atoms with E-state index in [1.165, 1.54) is 11.1 Å². The molecule has 1 fully saturated rings. The van der Waals surface area contributed by atoms with E-state index >= 15 is 0 Å². The summed E-state index contributed by atoms with van der Waals surface area (Å²) in [5.41, 5.74) is 2.24. The molecule has 2 nitrogen and oxygen atoms in total. The first-order valence-electron chi connectivity index (χ1n) is 7.98. The second-order valence-corrected chi connectivity index (χ2v) is 5.84. The fourth-order valence-corrected chi connectivity index (χ4v) is 3.07. The Morgan fingerprint density at radius 1 is 1.09 bits per heavy atom. The lowest BCUT2D eigenvalue weighted by Gasteiger charge is -2.17. The van der Waals surface area contributed by atoms with Gasteiger partial charge in [0.05, 0.1) is 6.04 Å². The minimum atomic E-state index is -0.278. The van der Waals surface area contributed by atoms with Crippen molar-refractivity contribution in [2.24, 2.45) is 0 Å². The number of hydroxylamine groups is 2. The van der Waals surface area contributed by atoms with Gasteiger partial charge >= 0.3 is 0 Å². The molecule has 1 aliphatic heterocycles. The van der Waals surface area contributed by atoms with E-state index in [0.29, 0.717) is 0 Å². The predicted molar refractivity (Wildman–Crippen MR) is 89.9 cm³/mol. The molecular weight excluding hydrogens is 270 g/mol. The van der Waals surface area contributed by atoms with Gasteiger partial charge in [-0.1, -0.05) is 66.7 Å². The largest absolute Gasteiger partial charge is 0.266 e. The van der Waals surface area contributed by atoms with Crippen LogP contribution < -0.4 is 0 Å². The molecule has 2 heteroatoms. The van der Waals surface area contributed by atoms with Gasteiger partial charge in [-0.05, 0) is 31.7 Å². The molecule has 1 saturated heterocycles. The molecule has 0 amide bonds. The summed E-state index contributed by atoms with van der Waals surface area (Å²) in [5, 5.41) is 2.14. The Morgan fingerprint density at radius 2 is 1.73 bits per heavy atom. The molecule has 0 aromatic heterocycles. The maximum atomic E-state index is 6.15. The summed E-state index contributed by atoms with van der Waals surface area (Å²) < 4.78 is 0. The van der Waals surface area contributed by atoms with Crippen molar-refractivity contribution in [1.29, 1.82) is 0 Å². The van der Waals surface area contributed by atoms with Gasteiger partial charge in [0.15, 0.2) is 5.72 Å². The molecule has 0 saturated carbocycles. The van der Waals surface area contributed by atoms with E-state index in [9.17, 15) is 0 Å². The Labute approximate surface area is 133 Å². The molecule has 1 heterocycles. The Morgan fingerprint density at radius 3 is 2.36 bits per heavy atom. The van der Waals surface area contributed by atoms with Crippen molar-refractivity contribution in [1.82, 2.24) is 5.06 Å². The van der Waals surface area contributed by atoms with E-state index in [1.54, 1.807) is 0 Å². The topological polar surface area (TPSA) is 15.5 Å². The summed E-state index contributed by atoms with van der Waals surface area (Å²) in [4.78, 5) is 6.15. The van der Waals surface area contributed by atoms with Crippen LogP contribution in [-0.2, 0) is 10.6 Å². The van der Waals surface area contributed by atoms with Crippen LogP contribution in [0.15, 0.2) is 73.3 Å². The van der Waals surface area contributed by atoms with Crippen LogP contribution in [0.3, 0.4) is 0 Å². The van der Waals surface area contributed by atoms with Gasteiger partial charge in [0.1, 0.15) is 0 Å². The van der Waals surface area contributed by atoms with Crippen LogP contribution >= 0.6 is 0 Å². The van der Waals surface area contributed by atoms with Crippen molar-refractivity contribution in [2.45, 2.75) is 38.0 Å². The normalized spacial score (nSPS) is 24.7. The molecule has 3 rings (SSSR count). The molecule has 1 aliphatic rings. The minimum absolute atomic E-state index is 0.241. The highest BCUT2D eigenvalue weighted by atomic mass is 16.9. The Kier molecular flexibility index (Phi) is 4.41.